The average Bonchev–Trinajstić information content (AvgIpc) is 3.20. The fourth-order valence-corrected chi connectivity index (χ4v) is 4.40. The Bertz CT molecular complexity index is 1140. The molecule has 0 radical (unpaired) electrons. The summed E-state index contributed by atoms with van der Waals surface area (Å²) in [5.74, 6) is 0.129. The molecule has 0 unspecified atom stereocenters. The van der Waals surface area contributed by atoms with E-state index in [4.69, 9.17) is 5.26 Å². The smallest absolute Gasteiger partial charge is 0.346 e. The molecule has 0 aromatic carbocycles. The van der Waals surface area contributed by atoms with Crippen LogP contribution in [0, 0.1) is 17.2 Å². The molecule has 1 saturated carbocycles. The van der Waals surface area contributed by atoms with Gasteiger partial charge in [-0.1, -0.05) is 0 Å². The summed E-state index contributed by atoms with van der Waals surface area (Å²) in [6, 6.07) is 3.45. The summed E-state index contributed by atoms with van der Waals surface area (Å²) in [5, 5.41) is 12.6. The monoisotopic (exact) mass is 417 g/mol. The Morgan fingerprint density at radius 2 is 2.03 bits per heavy atom. The molecule has 3 aromatic heterocycles. The molecule has 3 heterocycles. The lowest BCUT2D eigenvalue weighted by Crippen LogP contribution is -2.44. The Balaban J connectivity index is 1.49. The van der Waals surface area contributed by atoms with Gasteiger partial charge in [-0.3, -0.25) is 4.79 Å². The molecule has 3 aromatic rings. The number of aromatic amines is 1. The van der Waals surface area contributed by atoms with Gasteiger partial charge in [-0.15, -0.1) is 0 Å². The highest BCUT2D eigenvalue weighted by Crippen LogP contribution is 2.35. The summed E-state index contributed by atoms with van der Waals surface area (Å²) in [4.78, 5) is 19.7. The SMILES string of the molecule is N#CC[C@@H](NCC1CCC(n2ccc(=O)c3cnc4[nH]ccc4c32)CC1)C(F)(F)F. The molecule has 1 aliphatic carbocycles. The Hall–Kier alpha value is -2.86. The molecule has 2 N–H and O–H groups in total. The van der Waals surface area contributed by atoms with Crippen LogP contribution in [0.3, 0.4) is 0 Å². The third-order valence-electron chi connectivity index (χ3n) is 6.02. The van der Waals surface area contributed by atoms with Crippen LogP contribution < -0.4 is 10.7 Å². The van der Waals surface area contributed by atoms with Crippen LogP contribution in [0.2, 0.25) is 0 Å². The highest BCUT2D eigenvalue weighted by atomic mass is 19.4. The topological polar surface area (TPSA) is 86.5 Å². The van der Waals surface area contributed by atoms with Gasteiger partial charge in [0.2, 0.25) is 0 Å². The molecule has 9 heteroatoms. The molecule has 1 aliphatic rings. The summed E-state index contributed by atoms with van der Waals surface area (Å²) < 4.78 is 41.0. The lowest BCUT2D eigenvalue weighted by molar-refractivity contribution is -0.155. The van der Waals surface area contributed by atoms with Gasteiger partial charge in [0.1, 0.15) is 11.7 Å². The summed E-state index contributed by atoms with van der Waals surface area (Å²) >= 11 is 0. The van der Waals surface area contributed by atoms with Gasteiger partial charge in [-0.2, -0.15) is 18.4 Å². The molecule has 1 atom stereocenters. The molecule has 0 saturated heterocycles. The van der Waals surface area contributed by atoms with Gasteiger partial charge in [0, 0.05) is 36.1 Å². The van der Waals surface area contributed by atoms with E-state index in [9.17, 15) is 18.0 Å². The van der Waals surface area contributed by atoms with Gasteiger partial charge in [-0.05, 0) is 44.2 Å². The van der Waals surface area contributed by atoms with Gasteiger partial charge >= 0.3 is 6.18 Å². The van der Waals surface area contributed by atoms with E-state index in [1.54, 1.807) is 24.5 Å². The maximum Gasteiger partial charge on any atom is 0.404 e. The number of rotatable bonds is 5. The molecule has 6 nitrogen and oxygen atoms in total. The maximum absolute atomic E-state index is 13.0. The zero-order chi connectivity index (χ0) is 21.3. The Morgan fingerprint density at radius 3 is 2.73 bits per heavy atom. The first-order valence-electron chi connectivity index (χ1n) is 10.0. The van der Waals surface area contributed by atoms with Gasteiger partial charge < -0.3 is 14.9 Å². The third kappa shape index (κ3) is 3.92. The van der Waals surface area contributed by atoms with Gasteiger partial charge in [-0.25, -0.2) is 4.98 Å². The van der Waals surface area contributed by atoms with Crippen LogP contribution >= 0.6 is 0 Å². The second-order valence-electron chi connectivity index (χ2n) is 7.89. The number of alkyl halides is 3. The summed E-state index contributed by atoms with van der Waals surface area (Å²) in [6.45, 7) is 0.246. The molecule has 0 aliphatic heterocycles. The lowest BCUT2D eigenvalue weighted by atomic mass is 9.85. The Kier molecular flexibility index (Phi) is 5.52. The summed E-state index contributed by atoms with van der Waals surface area (Å²) in [5.41, 5.74) is 1.49. The average molecular weight is 417 g/mol. The number of hydrogen-bond donors (Lipinski definition) is 2. The second kappa shape index (κ2) is 8.11. The van der Waals surface area contributed by atoms with E-state index in [1.807, 2.05) is 12.3 Å². The number of nitriles is 1. The fourth-order valence-electron chi connectivity index (χ4n) is 4.40. The van der Waals surface area contributed by atoms with E-state index in [2.05, 4.69) is 19.9 Å². The first kappa shape index (κ1) is 20.4. The van der Waals surface area contributed by atoms with Crippen LogP contribution in [0.25, 0.3) is 21.9 Å². The van der Waals surface area contributed by atoms with E-state index in [0.717, 1.165) is 42.2 Å². The molecular formula is C21H22F3N5O. The predicted octanol–water partition coefficient (Wildman–Crippen LogP) is 4.04. The standard InChI is InChI=1S/C21H22F3N5O/c22-21(23,24)18(5-8-25)27-11-13-1-3-14(4-2-13)29-10-7-17(30)16-12-28-20-15(19(16)29)6-9-26-20/h6-7,9-10,12-14,18,27H,1-5,11H2,(H,26,28)/t13?,14?,18-/m1/s1. The minimum absolute atomic E-state index is 0.0783. The number of pyridine rings is 2. The number of fused-ring (bicyclic) bond motifs is 3. The van der Waals surface area contributed by atoms with Crippen LogP contribution in [0.4, 0.5) is 13.2 Å². The molecular weight excluding hydrogens is 395 g/mol. The van der Waals surface area contributed by atoms with Crippen molar-refractivity contribution in [2.45, 2.75) is 50.4 Å². The highest BCUT2D eigenvalue weighted by molar-refractivity contribution is 6.02. The number of nitrogens with one attached hydrogen (secondary N) is 2. The van der Waals surface area contributed by atoms with Crippen LogP contribution in [0.1, 0.15) is 38.1 Å². The Labute approximate surface area is 170 Å². The van der Waals surface area contributed by atoms with Crippen molar-refractivity contribution in [2.24, 2.45) is 5.92 Å². The number of nitrogens with zero attached hydrogens (tertiary/aromatic N) is 3. The largest absolute Gasteiger partial charge is 0.404 e. The number of hydrogen-bond acceptors (Lipinski definition) is 4. The summed E-state index contributed by atoms with van der Waals surface area (Å²) in [6.07, 6.45) is 3.39. The van der Waals surface area contributed by atoms with Gasteiger partial charge in [0.15, 0.2) is 5.43 Å². The number of aromatic nitrogens is 3. The van der Waals surface area contributed by atoms with Crippen molar-refractivity contribution < 1.29 is 13.2 Å². The number of H-pyrrole nitrogens is 1. The van der Waals surface area contributed by atoms with Crippen molar-refractivity contribution >= 4 is 21.9 Å². The van der Waals surface area contributed by atoms with E-state index >= 15 is 0 Å². The van der Waals surface area contributed by atoms with Crippen LogP contribution in [0.15, 0.2) is 35.5 Å². The van der Waals surface area contributed by atoms with E-state index in [0.29, 0.717) is 5.39 Å². The molecule has 0 spiro atoms. The Morgan fingerprint density at radius 1 is 1.27 bits per heavy atom. The van der Waals surface area contributed by atoms with Crippen molar-refractivity contribution in [1.82, 2.24) is 19.9 Å². The fraction of sp³-hybridized carbons (Fsp3) is 0.476. The maximum atomic E-state index is 13.0. The molecule has 30 heavy (non-hydrogen) atoms. The van der Waals surface area contributed by atoms with Crippen molar-refractivity contribution in [3.8, 4) is 6.07 Å². The molecule has 0 amide bonds. The third-order valence-corrected chi connectivity index (χ3v) is 6.02. The van der Waals surface area contributed by atoms with E-state index in [1.165, 1.54) is 0 Å². The normalized spacial score (nSPS) is 21.0. The quantitative estimate of drug-likeness (QED) is 0.656. The van der Waals surface area contributed by atoms with Crippen molar-refractivity contribution in [1.29, 1.82) is 5.26 Å². The van der Waals surface area contributed by atoms with Crippen molar-refractivity contribution in [2.75, 3.05) is 6.54 Å². The van der Waals surface area contributed by atoms with Gasteiger partial charge in [0.05, 0.1) is 23.4 Å². The summed E-state index contributed by atoms with van der Waals surface area (Å²) in [7, 11) is 0. The number of halogens is 3. The molecule has 4 rings (SSSR count). The minimum Gasteiger partial charge on any atom is -0.346 e. The first-order chi connectivity index (χ1) is 14.4. The zero-order valence-electron chi connectivity index (χ0n) is 16.2. The predicted molar refractivity (Wildman–Crippen MR) is 107 cm³/mol. The lowest BCUT2D eigenvalue weighted by Gasteiger charge is -2.32. The molecule has 0 bridgehead atoms. The van der Waals surface area contributed by atoms with Crippen LogP contribution in [-0.4, -0.2) is 33.3 Å². The van der Waals surface area contributed by atoms with Gasteiger partial charge in [0.25, 0.3) is 0 Å². The van der Waals surface area contributed by atoms with E-state index in [-0.39, 0.29) is 23.9 Å². The molecule has 158 valence electrons. The second-order valence-corrected chi connectivity index (χ2v) is 7.89. The zero-order valence-corrected chi connectivity index (χ0v) is 16.2. The highest BCUT2D eigenvalue weighted by Gasteiger charge is 2.39. The first-order valence-corrected chi connectivity index (χ1v) is 10.0. The minimum atomic E-state index is -4.42. The van der Waals surface area contributed by atoms with Crippen molar-refractivity contribution in [3.63, 3.8) is 0 Å². The van der Waals surface area contributed by atoms with Crippen LogP contribution in [-0.2, 0) is 0 Å². The molecule has 1 fully saturated rings. The van der Waals surface area contributed by atoms with Crippen molar-refractivity contribution in [3.05, 3.63) is 40.9 Å². The van der Waals surface area contributed by atoms with Crippen LogP contribution in [0.5, 0.6) is 0 Å². The van der Waals surface area contributed by atoms with E-state index < -0.39 is 18.6 Å².